The van der Waals surface area contributed by atoms with Gasteiger partial charge in [0.1, 0.15) is 0 Å². The third-order valence-electron chi connectivity index (χ3n) is 3.33. The smallest absolute Gasteiger partial charge is 0.238 e. The number of nitrogens with one attached hydrogen (secondary N) is 3. The predicted octanol–water partition coefficient (Wildman–Crippen LogP) is 1.97. The van der Waals surface area contributed by atoms with E-state index < -0.39 is 0 Å². The fourth-order valence-electron chi connectivity index (χ4n) is 2.04. The van der Waals surface area contributed by atoms with E-state index in [4.69, 9.17) is 0 Å². The molecule has 0 heterocycles. The minimum Gasteiger partial charge on any atom is -0.325 e. The zero-order chi connectivity index (χ0) is 15.9. The molecular weight excluding hydrogens is 351 g/mol. The minimum absolute atomic E-state index is 0. The summed E-state index contributed by atoms with van der Waals surface area (Å²) < 4.78 is 0. The molecule has 1 saturated carbocycles. The van der Waals surface area contributed by atoms with Crippen LogP contribution >= 0.6 is 24.8 Å². The molecule has 1 aromatic carbocycles. The van der Waals surface area contributed by atoms with Crippen LogP contribution in [0.25, 0.3) is 0 Å². The van der Waals surface area contributed by atoms with Crippen molar-refractivity contribution in [2.75, 3.05) is 44.4 Å². The first-order chi connectivity index (χ1) is 10.5. The van der Waals surface area contributed by atoms with Crippen molar-refractivity contribution in [3.8, 4) is 0 Å². The van der Waals surface area contributed by atoms with Crippen molar-refractivity contribution in [3.63, 3.8) is 0 Å². The van der Waals surface area contributed by atoms with E-state index in [2.05, 4.69) is 16.0 Å². The summed E-state index contributed by atoms with van der Waals surface area (Å²) in [7, 11) is 3.69. The highest BCUT2D eigenvalue weighted by atomic mass is 35.5. The molecule has 1 aliphatic carbocycles. The van der Waals surface area contributed by atoms with Gasteiger partial charge in [-0.1, -0.05) is 0 Å². The number of halogens is 2. The molecule has 2 rings (SSSR count). The Morgan fingerprint density at radius 3 is 1.96 bits per heavy atom. The van der Waals surface area contributed by atoms with Gasteiger partial charge in [0.2, 0.25) is 11.8 Å². The molecule has 8 heteroatoms. The lowest BCUT2D eigenvalue weighted by molar-refractivity contribution is -0.117. The Kier molecular flexibility index (Phi) is 10.6. The highest BCUT2D eigenvalue weighted by Crippen LogP contribution is 2.27. The van der Waals surface area contributed by atoms with Gasteiger partial charge in [0, 0.05) is 11.4 Å². The second-order valence-corrected chi connectivity index (χ2v) is 5.99. The topological polar surface area (TPSA) is 73.5 Å². The zero-order valence-corrected chi connectivity index (χ0v) is 15.6. The largest absolute Gasteiger partial charge is 0.325 e. The summed E-state index contributed by atoms with van der Waals surface area (Å²) in [5.74, 6) is 0.647. The van der Waals surface area contributed by atoms with E-state index >= 15 is 0 Å². The van der Waals surface area contributed by atoms with Gasteiger partial charge in [-0.3, -0.25) is 9.59 Å². The van der Waals surface area contributed by atoms with Crippen LogP contribution in [0.5, 0.6) is 0 Å². The molecule has 0 bridgehead atoms. The number of nitrogens with zero attached hydrogens (tertiary/aromatic N) is 1. The fourth-order valence-corrected chi connectivity index (χ4v) is 2.04. The third kappa shape index (κ3) is 9.08. The summed E-state index contributed by atoms with van der Waals surface area (Å²) in [5.41, 5.74) is 1.44. The summed E-state index contributed by atoms with van der Waals surface area (Å²) >= 11 is 0. The lowest BCUT2D eigenvalue weighted by Gasteiger charge is -2.11. The van der Waals surface area contributed by atoms with Crippen LogP contribution in [0.1, 0.15) is 12.8 Å². The summed E-state index contributed by atoms with van der Waals surface area (Å²) in [6, 6.07) is 7.12. The second-order valence-electron chi connectivity index (χ2n) is 5.99. The highest BCUT2D eigenvalue weighted by molar-refractivity contribution is 5.94. The van der Waals surface area contributed by atoms with E-state index in [1.165, 1.54) is 12.8 Å². The first-order valence-corrected chi connectivity index (χ1v) is 7.58. The van der Waals surface area contributed by atoms with Crippen molar-refractivity contribution >= 4 is 48.0 Å². The molecule has 136 valence electrons. The first kappa shape index (κ1) is 22.7. The number of carbonyl (C=O) groups is 2. The van der Waals surface area contributed by atoms with Gasteiger partial charge in [-0.2, -0.15) is 0 Å². The third-order valence-corrected chi connectivity index (χ3v) is 3.33. The Bertz CT molecular complexity index is 519. The molecule has 0 unspecified atom stereocenters. The van der Waals surface area contributed by atoms with Gasteiger partial charge in [-0.05, 0) is 63.7 Å². The summed E-state index contributed by atoms with van der Waals surface area (Å²) in [6.07, 6.45) is 2.55. The molecule has 1 aromatic rings. The Morgan fingerprint density at radius 1 is 1.00 bits per heavy atom. The van der Waals surface area contributed by atoms with E-state index in [1.54, 1.807) is 29.2 Å². The summed E-state index contributed by atoms with van der Waals surface area (Å²) in [6.45, 7) is 1.59. The molecule has 3 N–H and O–H groups in total. The normalized spacial score (nSPS) is 12.8. The molecule has 1 fully saturated rings. The number of likely N-dealkylation sites (N-methyl/N-ethyl adjacent to an activating group) is 1. The Balaban J connectivity index is 0.00000264. The standard InChI is InChI=1S/C16H24N4O2.2ClH/c1-20(2)11-16(22)19-14-7-5-13(6-8-14)18-15(21)10-17-9-12-3-4-12;;/h5-8,12,17H,3-4,9-11H2,1-2H3,(H,18,21)(H,19,22);2*1H. The van der Waals surface area contributed by atoms with Crippen molar-refractivity contribution in [1.29, 1.82) is 0 Å². The van der Waals surface area contributed by atoms with Crippen LogP contribution in [0.4, 0.5) is 11.4 Å². The number of rotatable bonds is 8. The van der Waals surface area contributed by atoms with Crippen LogP contribution in [0.15, 0.2) is 24.3 Å². The minimum atomic E-state index is -0.0638. The van der Waals surface area contributed by atoms with Gasteiger partial charge in [0.15, 0.2) is 0 Å². The number of benzene rings is 1. The first-order valence-electron chi connectivity index (χ1n) is 7.58. The highest BCUT2D eigenvalue weighted by Gasteiger charge is 2.20. The number of hydrogen-bond acceptors (Lipinski definition) is 4. The molecule has 0 spiro atoms. The van der Waals surface area contributed by atoms with Crippen LogP contribution in [0.2, 0.25) is 0 Å². The van der Waals surface area contributed by atoms with Gasteiger partial charge in [-0.15, -0.1) is 24.8 Å². The average Bonchev–Trinajstić information content (AvgIpc) is 3.24. The maximum absolute atomic E-state index is 11.7. The number of hydrogen-bond donors (Lipinski definition) is 3. The van der Waals surface area contributed by atoms with Crippen LogP contribution < -0.4 is 16.0 Å². The van der Waals surface area contributed by atoms with Crippen molar-refractivity contribution < 1.29 is 9.59 Å². The van der Waals surface area contributed by atoms with Crippen molar-refractivity contribution in [2.24, 2.45) is 5.92 Å². The van der Waals surface area contributed by atoms with E-state index in [0.717, 1.165) is 23.8 Å². The molecule has 24 heavy (non-hydrogen) atoms. The monoisotopic (exact) mass is 376 g/mol. The fraction of sp³-hybridized carbons (Fsp3) is 0.500. The maximum Gasteiger partial charge on any atom is 0.238 e. The average molecular weight is 377 g/mol. The lowest BCUT2D eigenvalue weighted by atomic mass is 10.2. The van der Waals surface area contributed by atoms with Crippen molar-refractivity contribution in [1.82, 2.24) is 10.2 Å². The molecule has 0 atom stereocenters. The van der Waals surface area contributed by atoms with Crippen molar-refractivity contribution in [3.05, 3.63) is 24.3 Å². The van der Waals surface area contributed by atoms with Crippen LogP contribution in [0, 0.1) is 5.92 Å². The maximum atomic E-state index is 11.7. The SMILES string of the molecule is CN(C)CC(=O)Nc1ccc(NC(=O)CNCC2CC2)cc1.Cl.Cl. The molecule has 0 aromatic heterocycles. The molecular formula is C16H26Cl2N4O2. The predicted molar refractivity (Wildman–Crippen MR) is 102 cm³/mol. The van der Waals surface area contributed by atoms with Gasteiger partial charge in [0.05, 0.1) is 13.1 Å². The second kappa shape index (κ2) is 11.3. The summed E-state index contributed by atoms with van der Waals surface area (Å²) in [5, 5.41) is 8.78. The van der Waals surface area contributed by atoms with Crippen LogP contribution in [-0.4, -0.2) is 50.4 Å². The molecule has 1 aliphatic rings. The number of anilines is 2. The van der Waals surface area contributed by atoms with Gasteiger partial charge >= 0.3 is 0 Å². The lowest BCUT2D eigenvalue weighted by Crippen LogP contribution is -2.29. The zero-order valence-electron chi connectivity index (χ0n) is 14.0. The van der Waals surface area contributed by atoms with E-state index in [0.29, 0.717) is 13.1 Å². The quantitative estimate of drug-likeness (QED) is 0.648. The molecule has 0 radical (unpaired) electrons. The van der Waals surface area contributed by atoms with Crippen molar-refractivity contribution in [2.45, 2.75) is 12.8 Å². The van der Waals surface area contributed by atoms with E-state index in [9.17, 15) is 9.59 Å². The molecule has 0 aliphatic heterocycles. The Hall–Kier alpha value is -1.34. The molecule has 6 nitrogen and oxygen atoms in total. The Morgan fingerprint density at radius 2 is 1.50 bits per heavy atom. The van der Waals surface area contributed by atoms with E-state index in [1.807, 2.05) is 14.1 Å². The molecule has 0 saturated heterocycles. The van der Waals surface area contributed by atoms with Crippen LogP contribution in [-0.2, 0) is 9.59 Å². The van der Waals surface area contributed by atoms with Gasteiger partial charge in [-0.25, -0.2) is 0 Å². The van der Waals surface area contributed by atoms with E-state index in [-0.39, 0.29) is 36.6 Å². The molecule has 2 amide bonds. The van der Waals surface area contributed by atoms with Crippen LogP contribution in [0.3, 0.4) is 0 Å². The number of carbonyl (C=O) groups excluding carboxylic acids is 2. The van der Waals surface area contributed by atoms with Gasteiger partial charge < -0.3 is 20.9 Å². The Labute approximate surface area is 155 Å². The van der Waals surface area contributed by atoms with Gasteiger partial charge in [0.25, 0.3) is 0 Å². The number of amides is 2. The summed E-state index contributed by atoms with van der Waals surface area (Å²) in [4.78, 5) is 25.2.